The van der Waals surface area contributed by atoms with Crippen LogP contribution in [0.25, 0.3) is 0 Å². The Morgan fingerprint density at radius 3 is 1.40 bits per heavy atom. The number of carbonyl (C=O) groups is 1. The van der Waals surface area contributed by atoms with E-state index in [0.29, 0.717) is 0 Å². The highest BCUT2D eigenvalue weighted by Crippen LogP contribution is 2.53. The fraction of sp³-hybridized carbons (Fsp3) is 0.857. The Morgan fingerprint density at radius 1 is 1.00 bits per heavy atom. The van der Waals surface area contributed by atoms with Crippen LogP contribution >= 0.6 is 7.60 Å². The third-order valence-electron chi connectivity index (χ3n) is 1.02. The topological polar surface area (TPSA) is 72.8 Å². The van der Waals surface area contributed by atoms with Gasteiger partial charge in [0.2, 0.25) is 0 Å². The number of carboxylic acid groups (broad SMARTS) is 1. The number of rotatable bonds is 5. The van der Waals surface area contributed by atoms with Gasteiger partial charge in [-0.3, -0.25) is 0 Å². The average molecular weight is 270 g/mol. The van der Waals surface area contributed by atoms with E-state index in [0.717, 1.165) is 0 Å². The van der Waals surface area contributed by atoms with Crippen molar-refractivity contribution in [2.75, 3.05) is 0 Å². The lowest BCUT2D eigenvalue weighted by atomic mass is 11.6. The second kappa shape index (κ2) is 4.51. The quantitative estimate of drug-likeness (QED) is 0.610. The summed E-state index contributed by atoms with van der Waals surface area (Å²) in [6.45, 7) is 10.6. The molecule has 0 aliphatic heterocycles. The zero-order chi connectivity index (χ0) is 12.5. The van der Waals surface area contributed by atoms with E-state index in [-0.39, 0.29) is 0 Å². The van der Waals surface area contributed by atoms with Gasteiger partial charge in [0.15, 0.2) is 16.6 Å². The largest absolute Gasteiger partial charge is 0.472 e. The Morgan fingerprint density at radius 2 is 1.27 bits per heavy atom. The molecule has 5 nitrogen and oxygen atoms in total. The van der Waals surface area contributed by atoms with Gasteiger partial charge in [-0.25, -0.2) is 9.36 Å². The van der Waals surface area contributed by atoms with Gasteiger partial charge in [-0.05, 0) is 39.3 Å². The highest BCUT2D eigenvalue weighted by atomic mass is 31.2. The molecular formula is C7H19O5PSi2. The molecular weight excluding hydrogens is 251 g/mol. The minimum Gasteiger partial charge on any atom is -0.472 e. The zero-order valence-electron chi connectivity index (χ0n) is 10.0. The minimum atomic E-state index is -3.99. The molecule has 0 atom stereocenters. The van der Waals surface area contributed by atoms with Crippen LogP contribution in [0.3, 0.4) is 0 Å². The van der Waals surface area contributed by atoms with Gasteiger partial charge in [0, 0.05) is 0 Å². The van der Waals surface area contributed by atoms with Crippen molar-refractivity contribution >= 4 is 29.9 Å². The molecule has 0 spiro atoms. The van der Waals surface area contributed by atoms with Crippen molar-refractivity contribution in [3.8, 4) is 0 Å². The first-order valence-electron chi connectivity index (χ1n) is 4.61. The number of hydrogen-bond acceptors (Lipinski definition) is 4. The minimum absolute atomic E-state index is 1.49. The summed E-state index contributed by atoms with van der Waals surface area (Å²) in [7, 11) is -8.40. The summed E-state index contributed by atoms with van der Waals surface area (Å²) >= 11 is 0. The van der Waals surface area contributed by atoms with Crippen molar-refractivity contribution < 1.29 is 22.9 Å². The maximum absolute atomic E-state index is 12.0. The normalized spacial score (nSPS) is 14.0. The fourth-order valence-electron chi connectivity index (χ4n) is 0.818. The van der Waals surface area contributed by atoms with Crippen LogP contribution in [0, 0.1) is 0 Å². The van der Waals surface area contributed by atoms with Gasteiger partial charge in [0.25, 0.3) is 0 Å². The molecule has 0 amide bonds. The molecule has 0 fully saturated rings. The molecule has 0 aromatic carbocycles. The predicted octanol–water partition coefficient (Wildman–Crippen LogP) is 3.56. The van der Waals surface area contributed by atoms with E-state index in [1.54, 1.807) is 39.3 Å². The van der Waals surface area contributed by atoms with Crippen molar-refractivity contribution in [3.63, 3.8) is 0 Å². The number of hydrogen-bond donors (Lipinski definition) is 1. The third-order valence-corrected chi connectivity index (χ3v) is 7.80. The molecule has 8 heteroatoms. The monoisotopic (exact) mass is 270 g/mol. The lowest BCUT2D eigenvalue weighted by Crippen LogP contribution is -2.31. The molecule has 0 unspecified atom stereocenters. The zero-order valence-corrected chi connectivity index (χ0v) is 12.9. The summed E-state index contributed by atoms with van der Waals surface area (Å²) in [6.07, 6.45) is 0. The van der Waals surface area contributed by atoms with Crippen molar-refractivity contribution in [2.24, 2.45) is 0 Å². The molecule has 0 aliphatic rings. The maximum Gasteiger partial charge on any atom is 0.419 e. The van der Waals surface area contributed by atoms with Crippen LogP contribution in [-0.4, -0.2) is 27.5 Å². The molecule has 15 heavy (non-hydrogen) atoms. The molecule has 0 radical (unpaired) electrons. The van der Waals surface area contributed by atoms with Gasteiger partial charge < -0.3 is 13.5 Å². The van der Waals surface area contributed by atoms with Crippen LogP contribution < -0.4 is 0 Å². The Bertz CT molecular complexity index is 271. The van der Waals surface area contributed by atoms with Gasteiger partial charge in [-0.15, -0.1) is 0 Å². The maximum atomic E-state index is 12.0. The third kappa shape index (κ3) is 6.26. The molecule has 0 bridgehead atoms. The van der Waals surface area contributed by atoms with E-state index in [4.69, 9.17) is 13.5 Å². The summed E-state index contributed by atoms with van der Waals surface area (Å²) < 4.78 is 22.3. The van der Waals surface area contributed by atoms with E-state index >= 15 is 0 Å². The predicted molar refractivity (Wildman–Crippen MR) is 64.5 cm³/mol. The van der Waals surface area contributed by atoms with E-state index in [1.165, 1.54) is 0 Å². The highest BCUT2D eigenvalue weighted by Gasteiger charge is 2.43. The molecule has 0 aliphatic carbocycles. The van der Waals surface area contributed by atoms with E-state index in [2.05, 4.69) is 0 Å². The fourth-order valence-corrected chi connectivity index (χ4v) is 7.70. The summed E-state index contributed by atoms with van der Waals surface area (Å²) in [4.78, 5) is 10.9. The van der Waals surface area contributed by atoms with Gasteiger partial charge in [-0.2, -0.15) is 0 Å². The first-order valence-corrected chi connectivity index (χ1v) is 13.0. The Hall–Kier alpha value is 0.0538. The van der Waals surface area contributed by atoms with E-state index < -0.39 is 29.9 Å². The summed E-state index contributed by atoms with van der Waals surface area (Å²) in [5.74, 6) is 0. The molecule has 0 aromatic heterocycles. The van der Waals surface area contributed by atoms with Crippen LogP contribution in [0.4, 0.5) is 4.79 Å². The highest BCUT2D eigenvalue weighted by molar-refractivity contribution is 7.73. The van der Waals surface area contributed by atoms with Crippen LogP contribution in [0.1, 0.15) is 0 Å². The van der Waals surface area contributed by atoms with Crippen LogP contribution in [0.15, 0.2) is 0 Å². The summed E-state index contributed by atoms with van der Waals surface area (Å²) in [5.41, 5.74) is -1.49. The molecule has 0 heterocycles. The lowest BCUT2D eigenvalue weighted by Gasteiger charge is -2.27. The second-order valence-corrected chi connectivity index (χ2v) is 16.5. The first-order chi connectivity index (χ1) is 6.36. The van der Waals surface area contributed by atoms with Crippen molar-refractivity contribution in [1.82, 2.24) is 0 Å². The van der Waals surface area contributed by atoms with Gasteiger partial charge in [-0.1, -0.05) is 0 Å². The van der Waals surface area contributed by atoms with Crippen LogP contribution in [0.2, 0.25) is 39.3 Å². The molecule has 0 rings (SSSR count). The second-order valence-electron chi connectivity index (χ2n) is 5.19. The average Bonchev–Trinajstić information content (AvgIpc) is 1.75. The van der Waals surface area contributed by atoms with E-state index in [1.807, 2.05) is 0 Å². The smallest absolute Gasteiger partial charge is 0.419 e. The van der Waals surface area contributed by atoms with Gasteiger partial charge >= 0.3 is 13.3 Å². The lowest BCUT2D eigenvalue weighted by molar-refractivity contribution is 0.209. The first kappa shape index (κ1) is 15.1. The Kier molecular flexibility index (Phi) is 4.52. The van der Waals surface area contributed by atoms with Crippen LogP contribution in [0.5, 0.6) is 0 Å². The van der Waals surface area contributed by atoms with Crippen molar-refractivity contribution in [1.29, 1.82) is 0 Å². The Balaban J connectivity index is 4.94. The molecule has 0 saturated heterocycles. The molecule has 0 aromatic rings. The molecule has 0 saturated carbocycles. The SMILES string of the molecule is C[Si](C)(C)OP(=O)(O[Si](C)(C)C)C(=O)O. The van der Waals surface area contributed by atoms with Crippen LogP contribution in [-0.2, 0) is 13.0 Å². The molecule has 1 N–H and O–H groups in total. The van der Waals surface area contributed by atoms with Crippen molar-refractivity contribution in [2.45, 2.75) is 39.3 Å². The molecule has 90 valence electrons. The summed E-state index contributed by atoms with van der Waals surface area (Å²) in [5, 5.41) is 8.89. The van der Waals surface area contributed by atoms with Crippen molar-refractivity contribution in [3.05, 3.63) is 0 Å². The standard InChI is InChI=1S/C7H19O5PSi2/c1-14(2,3)11-13(10,7(8)9)12-15(4,5)6/h1-6H3,(H,8,9). The van der Waals surface area contributed by atoms with E-state index in [9.17, 15) is 9.36 Å². The van der Waals surface area contributed by atoms with Gasteiger partial charge in [0.05, 0.1) is 0 Å². The summed E-state index contributed by atoms with van der Waals surface area (Å²) in [6, 6.07) is 0. The Labute approximate surface area is 92.6 Å². The van der Waals surface area contributed by atoms with Gasteiger partial charge in [0.1, 0.15) is 0 Å².